The van der Waals surface area contributed by atoms with E-state index in [4.69, 9.17) is 11.6 Å². The van der Waals surface area contributed by atoms with Crippen LogP contribution < -0.4 is 15.5 Å². The molecule has 0 fully saturated rings. The molecule has 2 aromatic rings. The summed E-state index contributed by atoms with van der Waals surface area (Å²) in [7, 11) is 0. The van der Waals surface area contributed by atoms with Crippen molar-refractivity contribution in [1.82, 2.24) is 10.6 Å². The second kappa shape index (κ2) is 8.10. The van der Waals surface area contributed by atoms with Gasteiger partial charge in [0.1, 0.15) is 6.04 Å². The average molecular weight is 451 g/mol. The summed E-state index contributed by atoms with van der Waals surface area (Å²) in [6.07, 6.45) is 0. The van der Waals surface area contributed by atoms with Crippen molar-refractivity contribution in [3.8, 4) is 0 Å². The highest BCUT2D eigenvalue weighted by Crippen LogP contribution is 2.37. The first-order valence-electron chi connectivity index (χ1n) is 8.35. The van der Waals surface area contributed by atoms with Gasteiger partial charge in [0, 0.05) is 33.8 Å². The van der Waals surface area contributed by atoms with E-state index in [1.54, 1.807) is 35.2 Å². The fourth-order valence-electron chi connectivity index (χ4n) is 2.97. The monoisotopic (exact) mass is 449 g/mol. The molecule has 1 heterocycles. The van der Waals surface area contributed by atoms with Crippen molar-refractivity contribution in [2.45, 2.75) is 19.5 Å². The van der Waals surface area contributed by atoms with Gasteiger partial charge < -0.3 is 15.5 Å². The molecule has 8 heteroatoms. The minimum absolute atomic E-state index is 0.119. The molecule has 1 aliphatic rings. The van der Waals surface area contributed by atoms with E-state index in [0.717, 1.165) is 10.2 Å². The predicted octanol–water partition coefficient (Wildman–Crippen LogP) is 2.94. The van der Waals surface area contributed by atoms with Gasteiger partial charge in [0.05, 0.1) is 0 Å². The minimum Gasteiger partial charge on any atom is -0.344 e. The van der Waals surface area contributed by atoms with Crippen LogP contribution in [-0.4, -0.2) is 24.3 Å². The number of amides is 3. The number of anilines is 1. The number of carbonyl (C=O) groups is 3. The number of likely N-dealkylation sites (N-methyl/N-ethyl adjacent to an activating group) is 1. The quantitative estimate of drug-likeness (QED) is 0.703. The van der Waals surface area contributed by atoms with Crippen molar-refractivity contribution in [3.05, 3.63) is 63.1 Å². The average Bonchev–Trinajstić information content (AvgIpc) is 2.91. The van der Waals surface area contributed by atoms with Crippen LogP contribution in [0.25, 0.3) is 0 Å². The van der Waals surface area contributed by atoms with Gasteiger partial charge in [-0.1, -0.05) is 45.7 Å². The number of hydrogen-bond acceptors (Lipinski definition) is 3. The molecular formula is C19H17BrClN3O3. The molecule has 2 aromatic carbocycles. The number of carbonyl (C=O) groups excluding carboxylic acids is 3. The van der Waals surface area contributed by atoms with Crippen LogP contribution in [0.4, 0.5) is 5.69 Å². The number of halogens is 2. The molecule has 6 nitrogen and oxygen atoms in total. The van der Waals surface area contributed by atoms with Crippen LogP contribution in [0.5, 0.6) is 0 Å². The van der Waals surface area contributed by atoms with Gasteiger partial charge in [-0.05, 0) is 36.8 Å². The first kappa shape index (κ1) is 19.4. The highest BCUT2D eigenvalue weighted by Gasteiger charge is 2.38. The lowest BCUT2D eigenvalue weighted by molar-refractivity contribution is -0.140. The number of hydrogen-bond donors (Lipinski definition) is 2. The number of nitrogens with one attached hydrogen (secondary N) is 2. The molecule has 3 rings (SSSR count). The van der Waals surface area contributed by atoms with Crippen LogP contribution >= 0.6 is 27.5 Å². The fourth-order valence-corrected chi connectivity index (χ4v) is 3.55. The molecule has 0 radical (unpaired) electrons. The van der Waals surface area contributed by atoms with Gasteiger partial charge in [-0.2, -0.15) is 0 Å². The van der Waals surface area contributed by atoms with Crippen molar-refractivity contribution in [2.75, 3.05) is 11.4 Å². The summed E-state index contributed by atoms with van der Waals surface area (Å²) in [6.45, 7) is 2.44. The van der Waals surface area contributed by atoms with E-state index in [2.05, 4.69) is 26.6 Å². The van der Waals surface area contributed by atoms with Crippen molar-refractivity contribution in [2.24, 2.45) is 0 Å². The Morgan fingerprint density at radius 1 is 1.19 bits per heavy atom. The summed E-state index contributed by atoms with van der Waals surface area (Å²) in [5, 5.41) is 5.55. The molecule has 0 bridgehead atoms. The largest absolute Gasteiger partial charge is 0.344 e. The highest BCUT2D eigenvalue weighted by molar-refractivity contribution is 9.10. The molecule has 0 spiro atoms. The molecule has 3 amide bonds. The third kappa shape index (κ3) is 3.99. The Labute approximate surface area is 170 Å². The van der Waals surface area contributed by atoms with E-state index < -0.39 is 17.9 Å². The first-order chi connectivity index (χ1) is 12.9. The maximum atomic E-state index is 12.6. The maximum Gasteiger partial charge on any atom is 0.310 e. The van der Waals surface area contributed by atoms with E-state index in [9.17, 15) is 14.4 Å². The van der Waals surface area contributed by atoms with Gasteiger partial charge >= 0.3 is 11.8 Å². The Morgan fingerprint density at radius 3 is 2.63 bits per heavy atom. The summed E-state index contributed by atoms with van der Waals surface area (Å²) >= 11 is 9.41. The topological polar surface area (TPSA) is 78.5 Å². The van der Waals surface area contributed by atoms with Crippen LogP contribution in [0.15, 0.2) is 46.9 Å². The second-order valence-electron chi connectivity index (χ2n) is 5.97. The standard InChI is InChI=1S/C19H17BrClN3O3/c1-2-24-15-8-7-12(20)9-13(15)16(19(24)27)23-18(26)17(25)22-10-11-5-3-4-6-14(11)21/h3-9,16H,2,10H2,1H3,(H,22,25)(H,23,26)/t16-/m1/s1. The number of rotatable bonds is 4. The Bertz CT molecular complexity index is 919. The molecule has 27 heavy (non-hydrogen) atoms. The molecular weight excluding hydrogens is 434 g/mol. The molecule has 1 aliphatic heterocycles. The van der Waals surface area contributed by atoms with Gasteiger partial charge in [0.15, 0.2) is 0 Å². The molecule has 0 aromatic heterocycles. The predicted molar refractivity (Wildman–Crippen MR) is 106 cm³/mol. The van der Waals surface area contributed by atoms with Crippen molar-refractivity contribution in [3.63, 3.8) is 0 Å². The number of fused-ring (bicyclic) bond motifs is 1. The molecule has 0 aliphatic carbocycles. The zero-order valence-electron chi connectivity index (χ0n) is 14.5. The molecule has 0 unspecified atom stereocenters. The Kier molecular flexibility index (Phi) is 5.82. The third-order valence-corrected chi connectivity index (χ3v) is 5.16. The maximum absolute atomic E-state index is 12.6. The molecule has 1 atom stereocenters. The van der Waals surface area contributed by atoms with Gasteiger partial charge in [0.2, 0.25) is 0 Å². The van der Waals surface area contributed by atoms with Gasteiger partial charge in [0.25, 0.3) is 5.91 Å². The van der Waals surface area contributed by atoms with Crippen molar-refractivity contribution >= 4 is 50.9 Å². The molecule has 2 N–H and O–H groups in total. The number of benzene rings is 2. The van der Waals surface area contributed by atoms with Crippen LogP contribution in [0.1, 0.15) is 24.1 Å². The van der Waals surface area contributed by atoms with Gasteiger partial charge in [-0.25, -0.2) is 0 Å². The summed E-state index contributed by atoms with van der Waals surface area (Å²) < 4.78 is 0.787. The van der Waals surface area contributed by atoms with E-state index in [0.29, 0.717) is 22.7 Å². The summed E-state index contributed by atoms with van der Waals surface area (Å²) in [6, 6.07) is 11.5. The van der Waals surface area contributed by atoms with Crippen molar-refractivity contribution < 1.29 is 14.4 Å². The normalized spacial score (nSPS) is 15.4. The first-order valence-corrected chi connectivity index (χ1v) is 9.52. The summed E-state index contributed by atoms with van der Waals surface area (Å²) in [5.41, 5.74) is 2.08. The lowest BCUT2D eigenvalue weighted by Crippen LogP contribution is -2.44. The van der Waals surface area contributed by atoms with E-state index in [1.807, 2.05) is 19.1 Å². The molecule has 0 saturated carbocycles. The fraction of sp³-hybridized carbons (Fsp3) is 0.211. The van der Waals surface area contributed by atoms with Crippen LogP contribution in [0, 0.1) is 0 Å². The Balaban J connectivity index is 1.70. The Hall–Kier alpha value is -2.38. The number of nitrogens with zero attached hydrogens (tertiary/aromatic N) is 1. The minimum atomic E-state index is -0.893. The molecule has 140 valence electrons. The zero-order valence-corrected chi connectivity index (χ0v) is 16.8. The van der Waals surface area contributed by atoms with Gasteiger partial charge in [-0.15, -0.1) is 0 Å². The summed E-state index contributed by atoms with van der Waals surface area (Å²) in [4.78, 5) is 38.7. The second-order valence-corrected chi connectivity index (χ2v) is 7.29. The van der Waals surface area contributed by atoms with Crippen LogP contribution in [0.3, 0.4) is 0 Å². The van der Waals surface area contributed by atoms with Crippen molar-refractivity contribution in [1.29, 1.82) is 0 Å². The highest BCUT2D eigenvalue weighted by atomic mass is 79.9. The lowest BCUT2D eigenvalue weighted by atomic mass is 10.1. The van der Waals surface area contributed by atoms with E-state index in [1.165, 1.54) is 0 Å². The van der Waals surface area contributed by atoms with Gasteiger partial charge in [-0.3, -0.25) is 14.4 Å². The molecule has 0 saturated heterocycles. The zero-order chi connectivity index (χ0) is 19.6. The lowest BCUT2D eigenvalue weighted by Gasteiger charge is -2.15. The van der Waals surface area contributed by atoms with E-state index >= 15 is 0 Å². The smallest absolute Gasteiger partial charge is 0.310 e. The van der Waals surface area contributed by atoms with Crippen LogP contribution in [-0.2, 0) is 20.9 Å². The Morgan fingerprint density at radius 2 is 1.93 bits per heavy atom. The van der Waals surface area contributed by atoms with E-state index in [-0.39, 0.29) is 12.5 Å². The third-order valence-electron chi connectivity index (χ3n) is 4.30. The summed E-state index contributed by atoms with van der Waals surface area (Å²) in [5.74, 6) is -1.96. The van der Waals surface area contributed by atoms with Crippen LogP contribution in [0.2, 0.25) is 5.02 Å². The SMILES string of the molecule is CCN1C(=O)[C@H](NC(=O)C(=O)NCc2ccccc2Cl)c2cc(Br)ccc21.